The van der Waals surface area contributed by atoms with E-state index in [0.717, 1.165) is 12.1 Å². The highest BCUT2D eigenvalue weighted by molar-refractivity contribution is 9.10. The minimum atomic E-state index is -4.85. The molecule has 1 aliphatic heterocycles. The van der Waals surface area contributed by atoms with E-state index in [1.807, 2.05) is 6.07 Å². The fourth-order valence-electron chi connectivity index (χ4n) is 2.60. The lowest BCUT2D eigenvalue weighted by molar-refractivity contribution is -0.274. The predicted octanol–water partition coefficient (Wildman–Crippen LogP) is 3.99. The zero-order valence-electron chi connectivity index (χ0n) is 14.2. The maximum Gasteiger partial charge on any atom is 0.573 e. The summed E-state index contributed by atoms with van der Waals surface area (Å²) in [5.41, 5.74) is 6.07. The van der Waals surface area contributed by atoms with Gasteiger partial charge in [0.2, 0.25) is 5.88 Å². The first-order chi connectivity index (χ1) is 12.6. The van der Waals surface area contributed by atoms with Gasteiger partial charge in [-0.25, -0.2) is 4.79 Å². The van der Waals surface area contributed by atoms with Crippen molar-refractivity contribution in [3.63, 3.8) is 0 Å². The highest BCUT2D eigenvalue weighted by atomic mass is 79.9. The number of halogens is 4. The molecule has 1 heterocycles. The molecule has 0 aromatic heterocycles. The summed E-state index contributed by atoms with van der Waals surface area (Å²) < 4.78 is 51.6. The molecule has 10 heteroatoms. The Morgan fingerprint density at radius 3 is 2.63 bits per heavy atom. The smallest absolute Gasteiger partial charge is 0.463 e. The summed E-state index contributed by atoms with van der Waals surface area (Å²) in [7, 11) is 0. The van der Waals surface area contributed by atoms with Gasteiger partial charge in [0.05, 0.1) is 18.1 Å². The van der Waals surface area contributed by atoms with E-state index in [1.54, 1.807) is 6.92 Å². The van der Waals surface area contributed by atoms with E-state index >= 15 is 0 Å². The van der Waals surface area contributed by atoms with Crippen LogP contribution in [0.3, 0.4) is 0 Å². The highest BCUT2D eigenvalue weighted by Gasteiger charge is 2.38. The van der Waals surface area contributed by atoms with Crippen LogP contribution in [0.15, 0.2) is 45.5 Å². The molecule has 0 amide bonds. The van der Waals surface area contributed by atoms with Gasteiger partial charge in [-0.3, -0.25) is 0 Å². The van der Waals surface area contributed by atoms with Crippen LogP contribution in [0.4, 0.5) is 13.2 Å². The second-order valence-corrected chi connectivity index (χ2v) is 6.20. The average Bonchev–Trinajstić information content (AvgIpc) is 2.53. The van der Waals surface area contributed by atoms with Crippen LogP contribution in [-0.4, -0.2) is 18.9 Å². The van der Waals surface area contributed by atoms with Crippen molar-refractivity contribution in [1.29, 1.82) is 5.26 Å². The van der Waals surface area contributed by atoms with E-state index in [2.05, 4.69) is 20.7 Å². The minimum absolute atomic E-state index is 0.0350. The lowest BCUT2D eigenvalue weighted by atomic mass is 9.83. The van der Waals surface area contributed by atoms with Gasteiger partial charge < -0.3 is 19.9 Å². The third kappa shape index (κ3) is 4.54. The number of carbonyl (C=O) groups excluding carboxylic acids is 1. The fraction of sp³-hybridized carbons (Fsp3) is 0.294. The molecular weight excluding hydrogens is 433 g/mol. The molecular formula is C17H14BrF3N2O4. The number of nitrogens with zero attached hydrogens (tertiary/aromatic N) is 1. The van der Waals surface area contributed by atoms with Gasteiger partial charge in [-0.05, 0) is 31.5 Å². The standard InChI is InChI=1S/C17H14BrF3N2O4/c1-3-25-16(24)13-8(2)26-15(23)11(7-22)14(13)10-5-4-9(6-12(10)18)27-17(19,20)21/h4-6,14H,3,23H2,1-2H3. The Balaban J connectivity index is 2.58. The molecule has 0 saturated heterocycles. The highest BCUT2D eigenvalue weighted by Crippen LogP contribution is 2.43. The number of esters is 1. The lowest BCUT2D eigenvalue weighted by Crippen LogP contribution is -2.25. The molecule has 0 bridgehead atoms. The molecule has 0 radical (unpaired) electrons. The molecule has 0 saturated carbocycles. The quantitative estimate of drug-likeness (QED) is 0.702. The first-order valence-corrected chi connectivity index (χ1v) is 8.39. The van der Waals surface area contributed by atoms with Crippen LogP contribution in [0.1, 0.15) is 25.3 Å². The summed E-state index contributed by atoms with van der Waals surface area (Å²) in [5, 5.41) is 9.48. The van der Waals surface area contributed by atoms with E-state index < -0.39 is 24.0 Å². The van der Waals surface area contributed by atoms with Crippen molar-refractivity contribution in [2.75, 3.05) is 6.61 Å². The number of nitrogens with two attached hydrogens (primary N) is 1. The SMILES string of the molecule is CCOC(=O)C1=C(C)OC(N)=C(C#N)C1c1ccc(OC(F)(F)F)cc1Br. The number of hydrogen-bond donors (Lipinski definition) is 1. The van der Waals surface area contributed by atoms with E-state index in [-0.39, 0.29) is 33.9 Å². The Hall–Kier alpha value is -2.67. The normalized spacial score (nSPS) is 17.3. The third-order valence-electron chi connectivity index (χ3n) is 3.62. The summed E-state index contributed by atoms with van der Waals surface area (Å²) >= 11 is 3.17. The Morgan fingerprint density at radius 2 is 2.11 bits per heavy atom. The Morgan fingerprint density at radius 1 is 1.44 bits per heavy atom. The number of nitriles is 1. The molecule has 6 nitrogen and oxygen atoms in total. The minimum Gasteiger partial charge on any atom is -0.463 e. The van der Waals surface area contributed by atoms with E-state index in [1.165, 1.54) is 13.0 Å². The van der Waals surface area contributed by atoms with E-state index in [9.17, 15) is 23.2 Å². The van der Waals surface area contributed by atoms with E-state index in [0.29, 0.717) is 5.56 Å². The zero-order valence-corrected chi connectivity index (χ0v) is 15.8. The summed E-state index contributed by atoms with van der Waals surface area (Å²) in [6.45, 7) is 3.18. The van der Waals surface area contributed by atoms with Gasteiger partial charge in [-0.15, -0.1) is 13.2 Å². The van der Waals surface area contributed by atoms with E-state index in [4.69, 9.17) is 15.2 Å². The van der Waals surface area contributed by atoms with Crippen molar-refractivity contribution < 1.29 is 32.2 Å². The van der Waals surface area contributed by atoms with Gasteiger partial charge >= 0.3 is 12.3 Å². The predicted molar refractivity (Wildman–Crippen MR) is 90.8 cm³/mol. The summed E-state index contributed by atoms with van der Waals surface area (Å²) in [5.74, 6) is -2.22. The van der Waals surface area contributed by atoms with Crippen LogP contribution in [0.5, 0.6) is 5.75 Å². The van der Waals surface area contributed by atoms with Crippen LogP contribution in [0.25, 0.3) is 0 Å². The second-order valence-electron chi connectivity index (χ2n) is 5.35. The topological polar surface area (TPSA) is 94.6 Å². The van der Waals surface area contributed by atoms with Crippen LogP contribution in [0, 0.1) is 11.3 Å². The molecule has 2 rings (SSSR count). The number of carbonyl (C=O) groups is 1. The molecule has 1 aromatic rings. The molecule has 1 unspecified atom stereocenters. The van der Waals surface area contributed by atoms with Crippen molar-refractivity contribution in [2.45, 2.75) is 26.1 Å². The monoisotopic (exact) mass is 446 g/mol. The van der Waals surface area contributed by atoms with Gasteiger partial charge in [-0.1, -0.05) is 22.0 Å². The molecule has 0 spiro atoms. The zero-order chi connectivity index (χ0) is 20.4. The fourth-order valence-corrected chi connectivity index (χ4v) is 3.19. The van der Waals surface area contributed by atoms with Crippen LogP contribution in [0.2, 0.25) is 0 Å². The first-order valence-electron chi connectivity index (χ1n) is 7.59. The maximum absolute atomic E-state index is 12.4. The maximum atomic E-state index is 12.4. The molecule has 1 aromatic carbocycles. The Labute approximate surface area is 161 Å². The third-order valence-corrected chi connectivity index (χ3v) is 4.30. The Kier molecular flexibility index (Phi) is 6.05. The van der Waals surface area contributed by atoms with Gasteiger partial charge in [0.25, 0.3) is 0 Å². The Bertz CT molecular complexity index is 872. The van der Waals surface area contributed by atoms with Crippen LogP contribution in [-0.2, 0) is 14.3 Å². The van der Waals surface area contributed by atoms with Crippen molar-refractivity contribution in [2.24, 2.45) is 5.73 Å². The molecule has 1 aliphatic rings. The number of rotatable bonds is 4. The number of benzene rings is 1. The molecule has 2 N–H and O–H groups in total. The second kappa shape index (κ2) is 7.92. The van der Waals surface area contributed by atoms with Crippen LogP contribution < -0.4 is 10.5 Å². The lowest BCUT2D eigenvalue weighted by Gasteiger charge is -2.27. The number of allylic oxidation sites excluding steroid dienone is 2. The van der Waals surface area contributed by atoms with Crippen LogP contribution >= 0.6 is 15.9 Å². The number of ether oxygens (including phenoxy) is 3. The molecule has 0 fully saturated rings. The molecule has 27 heavy (non-hydrogen) atoms. The summed E-state index contributed by atoms with van der Waals surface area (Å²) in [6, 6.07) is 5.35. The molecule has 0 aliphatic carbocycles. The number of alkyl halides is 3. The van der Waals surface area contributed by atoms with Gasteiger partial charge in [0.1, 0.15) is 23.2 Å². The summed E-state index contributed by atoms with van der Waals surface area (Å²) in [4.78, 5) is 12.4. The van der Waals surface area contributed by atoms with Gasteiger partial charge in [0.15, 0.2) is 0 Å². The first kappa shape index (κ1) is 20.6. The van der Waals surface area contributed by atoms with Crippen molar-refractivity contribution in [1.82, 2.24) is 0 Å². The van der Waals surface area contributed by atoms with Crippen molar-refractivity contribution in [3.8, 4) is 11.8 Å². The molecule has 1 atom stereocenters. The average molecular weight is 447 g/mol. The van der Waals surface area contributed by atoms with Gasteiger partial charge in [0, 0.05) is 4.47 Å². The number of hydrogen-bond acceptors (Lipinski definition) is 6. The van der Waals surface area contributed by atoms with Gasteiger partial charge in [-0.2, -0.15) is 5.26 Å². The van der Waals surface area contributed by atoms with Crippen molar-refractivity contribution >= 4 is 21.9 Å². The summed E-state index contributed by atoms with van der Waals surface area (Å²) in [6.07, 6.45) is -4.85. The largest absolute Gasteiger partial charge is 0.573 e. The van der Waals surface area contributed by atoms with Crippen molar-refractivity contribution in [3.05, 3.63) is 51.0 Å². The molecule has 144 valence electrons.